The fraction of sp³-hybridized carbons (Fsp3) is 0.294. The van der Waals surface area contributed by atoms with Crippen molar-refractivity contribution in [2.75, 3.05) is 5.32 Å². The van der Waals surface area contributed by atoms with Crippen molar-refractivity contribution in [3.05, 3.63) is 53.0 Å². The molecule has 0 saturated heterocycles. The number of hydrogen-bond donors (Lipinski definition) is 3. The number of anilines is 1. The first kappa shape index (κ1) is 19.7. The average Bonchev–Trinajstić information content (AvgIpc) is 2.95. The zero-order chi connectivity index (χ0) is 17.0. The lowest BCUT2D eigenvalue weighted by Crippen LogP contribution is -2.30. The first-order valence-electron chi connectivity index (χ1n) is 7.41. The molecule has 0 aliphatic heterocycles. The second kappa shape index (κ2) is 8.52. The van der Waals surface area contributed by atoms with E-state index in [1.165, 1.54) is 6.26 Å². The fourth-order valence-corrected chi connectivity index (χ4v) is 2.15. The standard InChI is InChI=1S/C17H21N3O3.ClH/c1-10(2)19-17(22)15-5-4-13(6-11(15)3)20-16(21)12-7-14(8-18)23-9-12;/h4-7,9-10H,8,18H2,1-3H3,(H,19,22)(H,20,21);1H. The normalized spacial score (nSPS) is 10.2. The van der Waals surface area contributed by atoms with Gasteiger partial charge in [0.15, 0.2) is 0 Å². The first-order valence-corrected chi connectivity index (χ1v) is 7.41. The maximum absolute atomic E-state index is 12.1. The van der Waals surface area contributed by atoms with E-state index in [9.17, 15) is 9.59 Å². The highest BCUT2D eigenvalue weighted by Crippen LogP contribution is 2.17. The molecule has 7 heteroatoms. The maximum atomic E-state index is 12.1. The SMILES string of the molecule is Cc1cc(NC(=O)c2coc(CN)c2)ccc1C(=O)NC(C)C.Cl. The highest BCUT2D eigenvalue weighted by molar-refractivity contribution is 6.04. The van der Waals surface area contributed by atoms with Crippen molar-refractivity contribution in [1.29, 1.82) is 0 Å². The summed E-state index contributed by atoms with van der Waals surface area (Å²) in [5.41, 5.74) is 7.85. The van der Waals surface area contributed by atoms with E-state index >= 15 is 0 Å². The van der Waals surface area contributed by atoms with E-state index in [1.807, 2.05) is 20.8 Å². The van der Waals surface area contributed by atoms with E-state index in [0.29, 0.717) is 22.6 Å². The molecule has 0 fully saturated rings. The third kappa shape index (κ3) is 4.84. The van der Waals surface area contributed by atoms with Gasteiger partial charge in [0.25, 0.3) is 11.8 Å². The van der Waals surface area contributed by atoms with Gasteiger partial charge in [-0.25, -0.2) is 0 Å². The van der Waals surface area contributed by atoms with Gasteiger partial charge in [0.2, 0.25) is 0 Å². The summed E-state index contributed by atoms with van der Waals surface area (Å²) in [5.74, 6) is 0.136. The Morgan fingerprint density at radius 3 is 2.46 bits per heavy atom. The van der Waals surface area contributed by atoms with Crippen LogP contribution in [0.25, 0.3) is 0 Å². The minimum atomic E-state index is -0.285. The van der Waals surface area contributed by atoms with Crippen LogP contribution < -0.4 is 16.4 Å². The van der Waals surface area contributed by atoms with Crippen LogP contribution in [-0.4, -0.2) is 17.9 Å². The van der Waals surface area contributed by atoms with Crippen LogP contribution in [0.4, 0.5) is 5.69 Å². The smallest absolute Gasteiger partial charge is 0.258 e. The van der Waals surface area contributed by atoms with Crippen molar-refractivity contribution in [1.82, 2.24) is 5.32 Å². The van der Waals surface area contributed by atoms with Gasteiger partial charge in [0.1, 0.15) is 12.0 Å². The highest BCUT2D eigenvalue weighted by Gasteiger charge is 2.13. The minimum absolute atomic E-state index is 0. The van der Waals surface area contributed by atoms with Crippen molar-refractivity contribution < 1.29 is 14.0 Å². The minimum Gasteiger partial charge on any atom is -0.467 e. The Balaban J connectivity index is 0.00000288. The molecule has 0 unspecified atom stereocenters. The Morgan fingerprint density at radius 1 is 1.21 bits per heavy atom. The number of carbonyl (C=O) groups excluding carboxylic acids is 2. The molecule has 6 nitrogen and oxygen atoms in total. The quantitative estimate of drug-likeness (QED) is 0.771. The predicted octanol–water partition coefficient (Wildman–Crippen LogP) is 2.86. The van der Waals surface area contributed by atoms with Crippen molar-refractivity contribution in [2.24, 2.45) is 5.73 Å². The van der Waals surface area contributed by atoms with Crippen LogP contribution in [0.2, 0.25) is 0 Å². The molecule has 0 aliphatic rings. The number of furan rings is 1. The number of halogens is 1. The first-order chi connectivity index (χ1) is 10.9. The predicted molar refractivity (Wildman–Crippen MR) is 95.6 cm³/mol. The average molecular weight is 352 g/mol. The lowest BCUT2D eigenvalue weighted by molar-refractivity contribution is 0.0942. The lowest BCUT2D eigenvalue weighted by Gasteiger charge is -2.12. The molecule has 130 valence electrons. The van der Waals surface area contributed by atoms with Crippen molar-refractivity contribution in [3.63, 3.8) is 0 Å². The van der Waals surface area contributed by atoms with Crippen molar-refractivity contribution >= 4 is 29.9 Å². The number of nitrogens with one attached hydrogen (secondary N) is 2. The van der Waals surface area contributed by atoms with E-state index in [4.69, 9.17) is 10.2 Å². The molecule has 0 atom stereocenters. The molecule has 24 heavy (non-hydrogen) atoms. The number of hydrogen-bond acceptors (Lipinski definition) is 4. The molecular weight excluding hydrogens is 330 g/mol. The van der Waals surface area contributed by atoms with E-state index in [-0.39, 0.29) is 36.8 Å². The summed E-state index contributed by atoms with van der Waals surface area (Å²) < 4.78 is 5.15. The molecule has 1 aromatic carbocycles. The lowest BCUT2D eigenvalue weighted by atomic mass is 10.1. The number of rotatable bonds is 5. The fourth-order valence-electron chi connectivity index (χ4n) is 2.15. The summed E-state index contributed by atoms with van der Waals surface area (Å²) in [6.07, 6.45) is 1.37. The number of benzene rings is 1. The second-order valence-corrected chi connectivity index (χ2v) is 5.62. The highest BCUT2D eigenvalue weighted by atomic mass is 35.5. The van der Waals surface area contributed by atoms with E-state index < -0.39 is 0 Å². The second-order valence-electron chi connectivity index (χ2n) is 5.62. The van der Waals surface area contributed by atoms with Crippen LogP contribution in [0.1, 0.15) is 45.9 Å². The molecule has 1 heterocycles. The van der Waals surface area contributed by atoms with Crippen molar-refractivity contribution in [3.8, 4) is 0 Å². The summed E-state index contributed by atoms with van der Waals surface area (Å²) in [6.45, 7) is 5.88. The van der Waals surface area contributed by atoms with Crippen LogP contribution in [0, 0.1) is 6.92 Å². The molecule has 1 aromatic heterocycles. The van der Waals surface area contributed by atoms with Gasteiger partial charge in [-0.2, -0.15) is 0 Å². The van der Waals surface area contributed by atoms with Gasteiger partial charge >= 0.3 is 0 Å². The van der Waals surface area contributed by atoms with Gasteiger partial charge in [0.05, 0.1) is 12.1 Å². The molecule has 2 rings (SSSR count). The van der Waals surface area contributed by atoms with Gasteiger partial charge in [-0.15, -0.1) is 12.4 Å². The molecule has 0 radical (unpaired) electrons. The van der Waals surface area contributed by atoms with Gasteiger partial charge in [0, 0.05) is 17.3 Å². The van der Waals surface area contributed by atoms with Gasteiger partial charge in [-0.1, -0.05) is 0 Å². The zero-order valence-electron chi connectivity index (χ0n) is 13.9. The molecule has 4 N–H and O–H groups in total. The molecule has 0 saturated carbocycles. The third-order valence-corrected chi connectivity index (χ3v) is 3.27. The Morgan fingerprint density at radius 2 is 1.92 bits per heavy atom. The number of nitrogens with two attached hydrogens (primary N) is 1. The van der Waals surface area contributed by atoms with Gasteiger partial charge < -0.3 is 20.8 Å². The molecule has 0 bridgehead atoms. The van der Waals surface area contributed by atoms with Crippen LogP contribution >= 0.6 is 12.4 Å². The number of amides is 2. The van der Waals surface area contributed by atoms with Crippen LogP contribution in [0.3, 0.4) is 0 Å². The third-order valence-electron chi connectivity index (χ3n) is 3.27. The number of carbonyl (C=O) groups is 2. The summed E-state index contributed by atoms with van der Waals surface area (Å²) in [7, 11) is 0. The molecule has 0 aliphatic carbocycles. The monoisotopic (exact) mass is 351 g/mol. The van der Waals surface area contributed by atoms with E-state index in [0.717, 1.165) is 5.56 Å². The topological polar surface area (TPSA) is 97.4 Å². The molecule has 0 spiro atoms. The van der Waals surface area contributed by atoms with Gasteiger partial charge in [-0.05, 0) is 50.6 Å². The Kier molecular flexibility index (Phi) is 7.00. The van der Waals surface area contributed by atoms with Crippen LogP contribution in [0.5, 0.6) is 0 Å². The van der Waals surface area contributed by atoms with E-state index in [1.54, 1.807) is 24.3 Å². The summed E-state index contributed by atoms with van der Waals surface area (Å²) in [4.78, 5) is 24.2. The summed E-state index contributed by atoms with van der Waals surface area (Å²) in [5, 5.41) is 5.62. The Labute approximate surface area is 147 Å². The largest absolute Gasteiger partial charge is 0.467 e. The van der Waals surface area contributed by atoms with E-state index in [2.05, 4.69) is 10.6 Å². The van der Waals surface area contributed by atoms with Crippen LogP contribution in [-0.2, 0) is 6.54 Å². The van der Waals surface area contributed by atoms with Gasteiger partial charge in [-0.3, -0.25) is 9.59 Å². The number of aryl methyl sites for hydroxylation is 1. The zero-order valence-corrected chi connectivity index (χ0v) is 14.7. The molecular formula is C17H22ClN3O3. The molecule has 2 amide bonds. The molecule has 2 aromatic rings. The Bertz CT molecular complexity index is 726. The Hall–Kier alpha value is -2.31. The summed E-state index contributed by atoms with van der Waals surface area (Å²) in [6, 6.07) is 6.83. The summed E-state index contributed by atoms with van der Waals surface area (Å²) >= 11 is 0. The van der Waals surface area contributed by atoms with Crippen LogP contribution in [0.15, 0.2) is 34.9 Å². The maximum Gasteiger partial charge on any atom is 0.258 e. The van der Waals surface area contributed by atoms with Crippen molar-refractivity contribution in [2.45, 2.75) is 33.4 Å².